The van der Waals surface area contributed by atoms with Gasteiger partial charge in [0, 0.05) is 19.0 Å². The van der Waals surface area contributed by atoms with E-state index in [0.29, 0.717) is 11.3 Å². The van der Waals surface area contributed by atoms with Gasteiger partial charge < -0.3 is 14.7 Å². The number of fused-ring (bicyclic) bond motifs is 1. The van der Waals surface area contributed by atoms with Crippen molar-refractivity contribution in [2.75, 3.05) is 18.6 Å². The Bertz CT molecular complexity index is 624. The molecule has 0 saturated carbocycles. The highest BCUT2D eigenvalue weighted by Gasteiger charge is 2.57. The number of aliphatic hydroxyl groups is 1. The number of nitrogens with zero attached hydrogens (tertiary/aromatic N) is 1. The largest absolute Gasteiger partial charge is 0.375 e. The molecule has 5 heteroatoms. The van der Waals surface area contributed by atoms with E-state index in [0.717, 1.165) is 0 Å². The van der Waals surface area contributed by atoms with Crippen LogP contribution < -0.4 is 4.90 Å². The number of likely N-dealkylation sites (N-methyl/N-ethyl adjacent to an activating group) is 1. The van der Waals surface area contributed by atoms with Gasteiger partial charge in [0.1, 0.15) is 5.78 Å². The molecule has 1 amide bonds. The minimum atomic E-state index is -1.82. The predicted octanol–water partition coefficient (Wildman–Crippen LogP) is 1.23. The first kappa shape index (κ1) is 14.2. The lowest BCUT2D eigenvalue weighted by molar-refractivity contribution is -0.172. The van der Waals surface area contributed by atoms with Crippen molar-refractivity contribution < 1.29 is 19.4 Å². The standard InChI is InChI=1S/C16H19NO4/c1-15(2)8-13(18)11(9-21-15)16(20)10-6-4-5-7-12(10)17(3)14(16)19/h4-7,11,20H,8-9H2,1-3H3/t11-,16+/m1/s1. The summed E-state index contributed by atoms with van der Waals surface area (Å²) in [5, 5.41) is 11.1. The van der Waals surface area contributed by atoms with Crippen LogP contribution in [0.5, 0.6) is 0 Å². The summed E-state index contributed by atoms with van der Waals surface area (Å²) in [6, 6.07) is 7.03. The molecule has 3 rings (SSSR count). The molecule has 21 heavy (non-hydrogen) atoms. The lowest BCUT2D eigenvalue weighted by Crippen LogP contribution is -2.54. The number of carbonyl (C=O) groups is 2. The van der Waals surface area contributed by atoms with Crippen LogP contribution in [0.3, 0.4) is 0 Å². The van der Waals surface area contributed by atoms with Crippen LogP contribution in [0.1, 0.15) is 25.8 Å². The number of ether oxygens (including phenoxy) is 1. The van der Waals surface area contributed by atoms with Crippen molar-refractivity contribution in [3.63, 3.8) is 0 Å². The fraction of sp³-hybridized carbons (Fsp3) is 0.500. The molecule has 1 aromatic carbocycles. The van der Waals surface area contributed by atoms with Crippen LogP contribution in [-0.4, -0.2) is 36.1 Å². The second kappa shape index (κ2) is 4.39. The third-order valence-electron chi connectivity index (χ3n) is 4.44. The number of Topliss-reactive ketones (excluding diaryl/α,β-unsaturated/α-hetero) is 1. The molecule has 0 unspecified atom stereocenters. The predicted molar refractivity (Wildman–Crippen MR) is 76.9 cm³/mol. The number of carbonyl (C=O) groups excluding carboxylic acids is 2. The first-order chi connectivity index (χ1) is 9.77. The Morgan fingerprint density at radius 2 is 1.95 bits per heavy atom. The minimum Gasteiger partial charge on any atom is -0.375 e. The molecular formula is C16H19NO4. The number of anilines is 1. The number of hydrogen-bond acceptors (Lipinski definition) is 4. The fourth-order valence-corrected chi connectivity index (χ4v) is 3.25. The van der Waals surface area contributed by atoms with E-state index in [-0.39, 0.29) is 18.8 Å². The molecule has 2 atom stereocenters. The molecule has 0 aliphatic carbocycles. The van der Waals surface area contributed by atoms with Crippen molar-refractivity contribution in [1.82, 2.24) is 0 Å². The van der Waals surface area contributed by atoms with Crippen LogP contribution >= 0.6 is 0 Å². The molecule has 1 N–H and O–H groups in total. The molecule has 0 aromatic heterocycles. The minimum absolute atomic E-state index is 0.0518. The number of hydrogen-bond donors (Lipinski definition) is 1. The van der Waals surface area contributed by atoms with E-state index >= 15 is 0 Å². The highest BCUT2D eigenvalue weighted by molar-refractivity contribution is 6.09. The van der Waals surface area contributed by atoms with E-state index in [1.165, 1.54) is 4.90 Å². The Hall–Kier alpha value is -1.72. The molecule has 1 saturated heterocycles. The third kappa shape index (κ3) is 1.92. The Kier molecular flexibility index (Phi) is 2.97. The fourth-order valence-electron chi connectivity index (χ4n) is 3.25. The number of ketones is 1. The number of amides is 1. The van der Waals surface area contributed by atoms with E-state index in [1.54, 1.807) is 31.3 Å². The van der Waals surface area contributed by atoms with Crippen molar-refractivity contribution in [3.05, 3.63) is 29.8 Å². The summed E-state index contributed by atoms with van der Waals surface area (Å²) in [5.74, 6) is -1.46. The van der Waals surface area contributed by atoms with Crippen molar-refractivity contribution in [2.24, 2.45) is 5.92 Å². The van der Waals surface area contributed by atoms with Crippen molar-refractivity contribution in [3.8, 4) is 0 Å². The van der Waals surface area contributed by atoms with Gasteiger partial charge in [-0.25, -0.2) is 0 Å². The molecule has 0 bridgehead atoms. The van der Waals surface area contributed by atoms with Gasteiger partial charge in [-0.05, 0) is 19.9 Å². The third-order valence-corrected chi connectivity index (χ3v) is 4.44. The van der Waals surface area contributed by atoms with Gasteiger partial charge in [-0.3, -0.25) is 9.59 Å². The average molecular weight is 289 g/mol. The van der Waals surface area contributed by atoms with Gasteiger partial charge in [-0.15, -0.1) is 0 Å². The molecule has 112 valence electrons. The molecule has 2 aliphatic rings. The average Bonchev–Trinajstić information content (AvgIpc) is 2.61. The first-order valence-electron chi connectivity index (χ1n) is 7.04. The molecule has 1 fully saturated rings. The van der Waals surface area contributed by atoms with E-state index in [1.807, 2.05) is 13.8 Å². The normalized spacial score (nSPS) is 31.4. The Morgan fingerprint density at radius 3 is 2.62 bits per heavy atom. The Morgan fingerprint density at radius 1 is 1.29 bits per heavy atom. The molecule has 0 spiro atoms. The van der Waals surface area contributed by atoms with Gasteiger partial charge in [0.2, 0.25) is 0 Å². The lowest BCUT2D eigenvalue weighted by atomic mass is 9.76. The van der Waals surface area contributed by atoms with Crippen molar-refractivity contribution in [2.45, 2.75) is 31.5 Å². The summed E-state index contributed by atoms with van der Waals surface area (Å²) < 4.78 is 5.67. The summed E-state index contributed by atoms with van der Waals surface area (Å²) in [4.78, 5) is 26.4. The topological polar surface area (TPSA) is 66.8 Å². The van der Waals surface area contributed by atoms with Gasteiger partial charge >= 0.3 is 0 Å². The number of benzene rings is 1. The highest BCUT2D eigenvalue weighted by atomic mass is 16.5. The molecule has 1 aromatic rings. The maximum atomic E-state index is 12.6. The summed E-state index contributed by atoms with van der Waals surface area (Å²) in [5.41, 5.74) is -1.24. The van der Waals surface area contributed by atoms with Crippen molar-refractivity contribution in [1.29, 1.82) is 0 Å². The lowest BCUT2D eigenvalue weighted by Gasteiger charge is -2.39. The van der Waals surface area contributed by atoms with Gasteiger partial charge in [-0.2, -0.15) is 0 Å². The molecular weight excluding hydrogens is 270 g/mol. The number of rotatable bonds is 1. The van der Waals surface area contributed by atoms with Crippen LogP contribution in [0.25, 0.3) is 0 Å². The van der Waals surface area contributed by atoms with Crippen LogP contribution in [-0.2, 0) is 19.9 Å². The Labute approximate surface area is 123 Å². The summed E-state index contributed by atoms with van der Waals surface area (Å²) >= 11 is 0. The van der Waals surface area contributed by atoms with E-state index in [2.05, 4.69) is 0 Å². The van der Waals surface area contributed by atoms with E-state index in [4.69, 9.17) is 4.74 Å². The van der Waals surface area contributed by atoms with Gasteiger partial charge in [0.25, 0.3) is 5.91 Å². The molecule has 5 nitrogen and oxygen atoms in total. The van der Waals surface area contributed by atoms with E-state index < -0.39 is 23.0 Å². The molecule has 2 aliphatic heterocycles. The summed E-state index contributed by atoms with van der Waals surface area (Å²) in [6.07, 6.45) is 0.194. The van der Waals surface area contributed by atoms with Gasteiger partial charge in [0.05, 0.1) is 23.8 Å². The monoisotopic (exact) mass is 289 g/mol. The first-order valence-corrected chi connectivity index (χ1v) is 7.04. The second-order valence-electron chi connectivity index (χ2n) is 6.41. The zero-order valence-corrected chi connectivity index (χ0v) is 12.4. The van der Waals surface area contributed by atoms with Gasteiger partial charge in [0.15, 0.2) is 5.60 Å². The second-order valence-corrected chi connectivity index (χ2v) is 6.41. The van der Waals surface area contributed by atoms with Crippen LogP contribution in [0.2, 0.25) is 0 Å². The Balaban J connectivity index is 2.05. The SMILES string of the molecule is CN1C(=O)[C@@](O)([C@@H]2COC(C)(C)CC2=O)c2ccccc21. The molecule has 0 radical (unpaired) electrons. The summed E-state index contributed by atoms with van der Waals surface area (Å²) in [6.45, 7) is 3.72. The zero-order chi connectivity index (χ0) is 15.4. The van der Waals surface area contributed by atoms with Crippen molar-refractivity contribution >= 4 is 17.4 Å². The smallest absolute Gasteiger partial charge is 0.264 e. The quantitative estimate of drug-likeness (QED) is 0.844. The maximum absolute atomic E-state index is 12.6. The van der Waals surface area contributed by atoms with Crippen LogP contribution in [0.15, 0.2) is 24.3 Å². The van der Waals surface area contributed by atoms with E-state index in [9.17, 15) is 14.7 Å². The van der Waals surface area contributed by atoms with Crippen LogP contribution in [0.4, 0.5) is 5.69 Å². The highest BCUT2D eigenvalue weighted by Crippen LogP contribution is 2.46. The number of para-hydroxylation sites is 1. The maximum Gasteiger partial charge on any atom is 0.264 e. The summed E-state index contributed by atoms with van der Waals surface area (Å²) in [7, 11) is 1.61. The van der Waals surface area contributed by atoms with Crippen LogP contribution in [0, 0.1) is 5.92 Å². The zero-order valence-electron chi connectivity index (χ0n) is 12.4. The molecule has 2 heterocycles. The van der Waals surface area contributed by atoms with Gasteiger partial charge in [-0.1, -0.05) is 18.2 Å².